The minimum atomic E-state index is -0.757. The van der Waals surface area contributed by atoms with Gasteiger partial charge in [0.1, 0.15) is 11.6 Å². The zero-order valence-electron chi connectivity index (χ0n) is 13.3. The summed E-state index contributed by atoms with van der Waals surface area (Å²) in [7, 11) is 0. The number of benzene rings is 2. The Morgan fingerprint density at radius 3 is 2.08 bits per heavy atom. The zero-order valence-corrected chi connectivity index (χ0v) is 13.3. The minimum absolute atomic E-state index is 0.0300. The largest absolute Gasteiger partial charge is 0.376 e. The Labute approximate surface area is 143 Å². The zero-order chi connectivity index (χ0) is 17.8. The summed E-state index contributed by atoms with van der Waals surface area (Å²) in [6, 6.07) is 9.76. The van der Waals surface area contributed by atoms with E-state index in [9.17, 15) is 18.4 Å². The number of hydrogen-bond acceptors (Lipinski definition) is 3. The van der Waals surface area contributed by atoms with Crippen LogP contribution >= 0.6 is 0 Å². The lowest BCUT2D eigenvalue weighted by Crippen LogP contribution is -2.21. The lowest BCUT2D eigenvalue weighted by molar-refractivity contribution is -0.117. The van der Waals surface area contributed by atoms with E-state index in [0.717, 1.165) is 31.0 Å². The molecule has 0 aromatic heterocycles. The number of amides is 2. The second kappa shape index (κ2) is 7.29. The van der Waals surface area contributed by atoms with Crippen LogP contribution in [0.25, 0.3) is 0 Å². The molecule has 1 saturated carbocycles. The number of carbonyl (C=O) groups excluding carboxylic acids is 2. The molecule has 2 aromatic rings. The van der Waals surface area contributed by atoms with Gasteiger partial charge in [0.15, 0.2) is 0 Å². The molecule has 7 heteroatoms. The molecule has 3 N–H and O–H groups in total. The van der Waals surface area contributed by atoms with Gasteiger partial charge in [-0.15, -0.1) is 0 Å². The molecule has 3 rings (SSSR count). The van der Waals surface area contributed by atoms with Gasteiger partial charge in [-0.1, -0.05) is 0 Å². The van der Waals surface area contributed by atoms with Gasteiger partial charge in [0.2, 0.25) is 11.8 Å². The number of rotatable bonds is 6. The molecule has 1 fully saturated rings. The maximum Gasteiger partial charge on any atom is 0.243 e. The van der Waals surface area contributed by atoms with Crippen LogP contribution in [0.4, 0.5) is 25.8 Å². The van der Waals surface area contributed by atoms with Crippen LogP contribution in [0.1, 0.15) is 12.8 Å². The third kappa shape index (κ3) is 5.00. The highest BCUT2D eigenvalue weighted by atomic mass is 19.1. The first-order chi connectivity index (χ1) is 12.0. The van der Waals surface area contributed by atoms with Crippen LogP contribution in [-0.2, 0) is 9.59 Å². The molecular formula is C18H17F2N3O2. The van der Waals surface area contributed by atoms with E-state index in [1.54, 1.807) is 24.3 Å². The van der Waals surface area contributed by atoms with E-state index < -0.39 is 17.5 Å². The number of halogens is 2. The van der Waals surface area contributed by atoms with Crippen LogP contribution in [0.3, 0.4) is 0 Å². The second-order valence-electron chi connectivity index (χ2n) is 5.90. The summed E-state index contributed by atoms with van der Waals surface area (Å²) in [4.78, 5) is 23.5. The summed E-state index contributed by atoms with van der Waals surface area (Å²) >= 11 is 0. The van der Waals surface area contributed by atoms with Crippen molar-refractivity contribution < 1.29 is 18.4 Å². The van der Waals surface area contributed by atoms with Crippen LogP contribution in [-0.4, -0.2) is 18.4 Å². The molecule has 0 radical (unpaired) electrons. The van der Waals surface area contributed by atoms with E-state index in [2.05, 4.69) is 16.0 Å². The van der Waals surface area contributed by atoms with Crippen LogP contribution in [0.15, 0.2) is 42.5 Å². The van der Waals surface area contributed by atoms with E-state index >= 15 is 0 Å². The first-order valence-electron chi connectivity index (χ1n) is 7.90. The maximum atomic E-state index is 13.1. The minimum Gasteiger partial charge on any atom is -0.376 e. The molecule has 2 amide bonds. The monoisotopic (exact) mass is 345 g/mol. The molecule has 130 valence electrons. The van der Waals surface area contributed by atoms with Gasteiger partial charge in [0.25, 0.3) is 0 Å². The van der Waals surface area contributed by atoms with Crippen molar-refractivity contribution >= 4 is 28.9 Å². The highest BCUT2D eigenvalue weighted by Gasteiger charge is 2.29. The van der Waals surface area contributed by atoms with Crippen molar-refractivity contribution in [3.8, 4) is 0 Å². The van der Waals surface area contributed by atoms with E-state index in [4.69, 9.17) is 0 Å². The number of hydrogen-bond donors (Lipinski definition) is 3. The van der Waals surface area contributed by atoms with Crippen molar-refractivity contribution in [1.82, 2.24) is 0 Å². The summed E-state index contributed by atoms with van der Waals surface area (Å²) in [5.41, 5.74) is 1.44. The molecule has 5 nitrogen and oxygen atoms in total. The molecule has 0 saturated heterocycles. The molecule has 0 bridgehead atoms. The summed E-state index contributed by atoms with van der Waals surface area (Å²) in [6.07, 6.45) is 1.88. The first-order valence-corrected chi connectivity index (χ1v) is 7.90. The van der Waals surface area contributed by atoms with Gasteiger partial charge in [-0.3, -0.25) is 9.59 Å². The summed E-state index contributed by atoms with van der Waals surface area (Å²) in [5.74, 6) is -1.79. The van der Waals surface area contributed by atoms with Gasteiger partial charge in [-0.05, 0) is 49.2 Å². The standard InChI is InChI=1S/C18H17F2N3O2/c19-12-7-13(20)9-16(8-12)22-17(24)10-21-14-3-5-15(6-4-14)23-18(25)11-1-2-11/h3-9,11,21H,1-2,10H2,(H,22,24)(H,23,25). The van der Waals surface area contributed by atoms with Crippen LogP contribution < -0.4 is 16.0 Å². The molecule has 0 heterocycles. The molecule has 0 unspecified atom stereocenters. The SMILES string of the molecule is O=C(CNc1ccc(NC(=O)C2CC2)cc1)Nc1cc(F)cc(F)c1. The van der Waals surface area contributed by atoms with Gasteiger partial charge in [0, 0.05) is 29.0 Å². The molecule has 2 aromatic carbocycles. The molecule has 25 heavy (non-hydrogen) atoms. The quantitative estimate of drug-likeness (QED) is 0.752. The fourth-order valence-corrected chi connectivity index (χ4v) is 2.27. The lowest BCUT2D eigenvalue weighted by atomic mass is 10.2. The smallest absolute Gasteiger partial charge is 0.243 e. The summed E-state index contributed by atoms with van der Waals surface area (Å²) in [6.45, 7) is -0.0636. The van der Waals surface area contributed by atoms with Crippen LogP contribution in [0.5, 0.6) is 0 Å². The summed E-state index contributed by atoms with van der Waals surface area (Å²) in [5, 5.41) is 8.13. The predicted octanol–water partition coefficient (Wildman–Crippen LogP) is 3.36. The Morgan fingerprint density at radius 2 is 1.48 bits per heavy atom. The topological polar surface area (TPSA) is 70.2 Å². The summed E-state index contributed by atoms with van der Waals surface area (Å²) < 4.78 is 26.1. The Kier molecular flexibility index (Phi) is 4.92. The van der Waals surface area contributed by atoms with Crippen molar-refractivity contribution in [2.45, 2.75) is 12.8 Å². The van der Waals surface area contributed by atoms with Gasteiger partial charge in [0.05, 0.1) is 6.54 Å². The van der Waals surface area contributed by atoms with Gasteiger partial charge >= 0.3 is 0 Å². The highest BCUT2D eigenvalue weighted by molar-refractivity contribution is 5.95. The fraction of sp³-hybridized carbons (Fsp3) is 0.222. The number of carbonyl (C=O) groups is 2. The number of anilines is 3. The van der Waals surface area contributed by atoms with Crippen LogP contribution in [0, 0.1) is 17.6 Å². The third-order valence-electron chi connectivity index (χ3n) is 3.70. The van der Waals surface area contributed by atoms with Crippen LogP contribution in [0.2, 0.25) is 0 Å². The first kappa shape index (κ1) is 16.9. The normalized spacial score (nSPS) is 13.2. The molecule has 0 spiro atoms. The maximum absolute atomic E-state index is 13.1. The van der Waals surface area contributed by atoms with Gasteiger partial charge < -0.3 is 16.0 Å². The predicted molar refractivity (Wildman–Crippen MR) is 91.3 cm³/mol. The van der Waals surface area contributed by atoms with Crippen molar-refractivity contribution in [1.29, 1.82) is 0 Å². The van der Waals surface area contributed by atoms with Crippen molar-refractivity contribution in [2.75, 3.05) is 22.5 Å². The Bertz CT molecular complexity index is 769. The lowest BCUT2D eigenvalue weighted by Gasteiger charge is -2.09. The Morgan fingerprint density at radius 1 is 0.880 bits per heavy atom. The molecule has 0 aliphatic heterocycles. The van der Waals surface area contributed by atoms with Crippen molar-refractivity contribution in [2.24, 2.45) is 5.92 Å². The Hall–Kier alpha value is -2.96. The molecule has 0 atom stereocenters. The van der Waals surface area contributed by atoms with E-state index in [0.29, 0.717) is 11.4 Å². The third-order valence-corrected chi connectivity index (χ3v) is 3.70. The second-order valence-corrected chi connectivity index (χ2v) is 5.90. The highest BCUT2D eigenvalue weighted by Crippen LogP contribution is 2.30. The average molecular weight is 345 g/mol. The van der Waals surface area contributed by atoms with E-state index in [-0.39, 0.29) is 24.1 Å². The molecular weight excluding hydrogens is 328 g/mol. The number of nitrogens with one attached hydrogen (secondary N) is 3. The fourth-order valence-electron chi connectivity index (χ4n) is 2.27. The van der Waals surface area contributed by atoms with Crippen molar-refractivity contribution in [3.05, 3.63) is 54.1 Å². The Balaban J connectivity index is 1.48. The van der Waals surface area contributed by atoms with E-state index in [1.165, 1.54) is 0 Å². The molecule has 1 aliphatic rings. The van der Waals surface area contributed by atoms with Gasteiger partial charge in [-0.2, -0.15) is 0 Å². The van der Waals surface area contributed by atoms with E-state index in [1.807, 2.05) is 0 Å². The average Bonchev–Trinajstić information content (AvgIpc) is 3.38. The molecule has 1 aliphatic carbocycles. The van der Waals surface area contributed by atoms with Crippen molar-refractivity contribution in [3.63, 3.8) is 0 Å². The van der Waals surface area contributed by atoms with Gasteiger partial charge in [-0.25, -0.2) is 8.78 Å².